The summed E-state index contributed by atoms with van der Waals surface area (Å²) >= 11 is 0. The minimum atomic E-state index is -1.16. The number of pyridine rings is 2. The molecule has 0 fully saturated rings. The Bertz CT molecular complexity index is 1770. The predicted molar refractivity (Wildman–Crippen MR) is 166 cm³/mol. The highest BCUT2D eigenvalue weighted by atomic mass is 19.1. The molecule has 5 N–H and O–H groups in total. The Kier molecular flexibility index (Phi) is 10.3. The number of carbonyl (C=O) groups is 1. The highest BCUT2D eigenvalue weighted by Crippen LogP contribution is 2.29. The number of fused-ring (bicyclic) bond motifs is 1. The number of ether oxygens (including phenoxy) is 4. The fourth-order valence-corrected chi connectivity index (χ4v) is 4.62. The number of benzene rings is 2. The molecule has 0 spiro atoms. The van der Waals surface area contributed by atoms with Gasteiger partial charge in [0.2, 0.25) is 24.3 Å². The van der Waals surface area contributed by atoms with Crippen LogP contribution < -0.4 is 11.5 Å². The van der Waals surface area contributed by atoms with E-state index in [1.54, 1.807) is 32.4 Å². The van der Waals surface area contributed by atoms with Gasteiger partial charge in [-0.1, -0.05) is 12.1 Å². The first-order valence-electron chi connectivity index (χ1n) is 13.5. The number of carbonyl (C=O) groups excluding carboxylic acids is 1. The molecule has 230 valence electrons. The summed E-state index contributed by atoms with van der Waals surface area (Å²) in [6.45, 7) is 3.90. The lowest BCUT2D eigenvalue weighted by Crippen LogP contribution is -2.26. The van der Waals surface area contributed by atoms with E-state index in [0.29, 0.717) is 28.3 Å². The average Bonchev–Trinajstić information content (AvgIpc) is 3.44. The fourth-order valence-electron chi connectivity index (χ4n) is 4.62. The number of anilines is 2. The zero-order valence-electron chi connectivity index (χ0n) is 25.3. The molecule has 0 saturated carbocycles. The number of Topliss-reactive ketones (excluding diaryl/α,β-unsaturated/α-hetero) is 1. The summed E-state index contributed by atoms with van der Waals surface area (Å²) in [7, 11) is 5.78. The van der Waals surface area contributed by atoms with E-state index < -0.39 is 24.3 Å². The van der Waals surface area contributed by atoms with E-state index in [4.69, 9.17) is 30.4 Å². The topological polar surface area (TPSA) is 160 Å². The van der Waals surface area contributed by atoms with Crippen molar-refractivity contribution in [3.63, 3.8) is 0 Å². The molecular formula is C32H35FN6O5. The molecule has 0 aliphatic heterocycles. The Morgan fingerprint density at radius 2 is 1.32 bits per heavy atom. The van der Waals surface area contributed by atoms with Crippen LogP contribution in [0.4, 0.5) is 15.8 Å². The molecule has 5 rings (SSSR count). The molecule has 3 heterocycles. The molecular weight excluding hydrogens is 567 g/mol. The van der Waals surface area contributed by atoms with Gasteiger partial charge >= 0.3 is 0 Å². The second-order valence-electron chi connectivity index (χ2n) is 9.86. The van der Waals surface area contributed by atoms with E-state index in [1.165, 1.54) is 20.3 Å². The molecule has 5 aromatic rings. The van der Waals surface area contributed by atoms with Gasteiger partial charge in [0.25, 0.3) is 0 Å². The molecule has 3 aromatic heterocycles. The highest BCUT2D eigenvalue weighted by Gasteiger charge is 2.23. The van der Waals surface area contributed by atoms with Crippen molar-refractivity contribution in [3.8, 4) is 22.5 Å². The number of nitrogens with one attached hydrogen (secondary N) is 1. The number of ketones is 1. The molecule has 0 atom stereocenters. The summed E-state index contributed by atoms with van der Waals surface area (Å²) < 4.78 is 34.4. The lowest BCUT2D eigenvalue weighted by Gasteiger charge is -2.13. The van der Waals surface area contributed by atoms with Crippen molar-refractivity contribution >= 4 is 28.2 Å². The smallest absolute Gasteiger partial charge is 0.224 e. The second kappa shape index (κ2) is 14.1. The molecule has 44 heavy (non-hydrogen) atoms. The number of aromatic nitrogens is 4. The Morgan fingerprint density at radius 3 is 1.84 bits per heavy atom. The fraction of sp³-hybridized carbons (Fsp3) is 0.250. The SMILES string of the molecule is COC(OC)C(=O)c1ccc(-c2cc(N)ccc2C)nc1F.COC(OC)c1[nH]nc2nc(-c3cc(N)ccc3C)ccc12. The first-order valence-corrected chi connectivity index (χ1v) is 13.5. The maximum atomic E-state index is 14.2. The number of aromatic amines is 1. The number of nitrogens with zero attached hydrogens (tertiary/aromatic N) is 3. The van der Waals surface area contributed by atoms with Crippen molar-refractivity contribution < 1.29 is 28.1 Å². The number of methoxy groups -OCH3 is 4. The highest BCUT2D eigenvalue weighted by molar-refractivity contribution is 5.98. The number of rotatable bonds is 9. The molecule has 0 aliphatic carbocycles. The molecule has 11 nitrogen and oxygen atoms in total. The summed E-state index contributed by atoms with van der Waals surface area (Å²) in [5.74, 6) is -1.49. The first kappa shape index (κ1) is 32.2. The molecule has 0 aliphatic rings. The summed E-state index contributed by atoms with van der Waals surface area (Å²) in [5, 5.41) is 8.05. The van der Waals surface area contributed by atoms with Gasteiger partial charge in [0.05, 0.1) is 17.0 Å². The minimum Gasteiger partial charge on any atom is -0.399 e. The van der Waals surface area contributed by atoms with Crippen LogP contribution in [-0.2, 0) is 18.9 Å². The molecule has 0 saturated heterocycles. The van der Waals surface area contributed by atoms with E-state index in [-0.39, 0.29) is 5.56 Å². The van der Waals surface area contributed by atoms with Crippen molar-refractivity contribution in [3.05, 3.63) is 89.0 Å². The van der Waals surface area contributed by atoms with Gasteiger partial charge in [-0.25, -0.2) is 9.97 Å². The monoisotopic (exact) mass is 602 g/mol. The van der Waals surface area contributed by atoms with E-state index in [0.717, 1.165) is 33.5 Å². The maximum absolute atomic E-state index is 14.2. The summed E-state index contributed by atoms with van der Waals surface area (Å²) in [4.78, 5) is 20.5. The van der Waals surface area contributed by atoms with Crippen LogP contribution in [0, 0.1) is 19.8 Å². The van der Waals surface area contributed by atoms with E-state index in [2.05, 4.69) is 20.2 Å². The number of hydrogen-bond acceptors (Lipinski definition) is 10. The summed E-state index contributed by atoms with van der Waals surface area (Å²) in [6, 6.07) is 17.9. The quantitative estimate of drug-likeness (QED) is 0.0864. The van der Waals surface area contributed by atoms with Crippen LogP contribution in [0.15, 0.2) is 60.7 Å². The number of halogens is 1. The van der Waals surface area contributed by atoms with Crippen molar-refractivity contribution in [1.82, 2.24) is 20.2 Å². The lowest BCUT2D eigenvalue weighted by molar-refractivity contribution is -0.107. The van der Waals surface area contributed by atoms with Crippen molar-refractivity contribution in [2.24, 2.45) is 0 Å². The van der Waals surface area contributed by atoms with Gasteiger partial charge < -0.3 is 30.4 Å². The van der Waals surface area contributed by atoms with E-state index in [1.807, 2.05) is 50.2 Å². The zero-order chi connectivity index (χ0) is 32.0. The van der Waals surface area contributed by atoms with Gasteiger partial charge in [-0.2, -0.15) is 9.49 Å². The van der Waals surface area contributed by atoms with Gasteiger partial charge in [0, 0.05) is 56.3 Å². The Morgan fingerprint density at radius 1 is 0.773 bits per heavy atom. The second-order valence-corrected chi connectivity index (χ2v) is 9.86. The van der Waals surface area contributed by atoms with Crippen molar-refractivity contribution in [2.75, 3.05) is 39.9 Å². The summed E-state index contributed by atoms with van der Waals surface area (Å²) in [6.07, 6.45) is -1.65. The first-order chi connectivity index (χ1) is 21.1. The predicted octanol–water partition coefficient (Wildman–Crippen LogP) is 5.39. The largest absolute Gasteiger partial charge is 0.399 e. The third-order valence-electron chi connectivity index (χ3n) is 6.94. The molecule has 0 amide bonds. The van der Waals surface area contributed by atoms with Gasteiger partial charge in [0.15, 0.2) is 5.65 Å². The zero-order valence-corrected chi connectivity index (χ0v) is 25.3. The third kappa shape index (κ3) is 6.90. The minimum absolute atomic E-state index is 0.181. The van der Waals surface area contributed by atoms with Crippen LogP contribution in [0.5, 0.6) is 0 Å². The van der Waals surface area contributed by atoms with Crippen LogP contribution in [-0.4, -0.2) is 60.7 Å². The van der Waals surface area contributed by atoms with Crippen LogP contribution in [0.25, 0.3) is 33.5 Å². The molecule has 12 heteroatoms. The molecule has 0 unspecified atom stereocenters. The van der Waals surface area contributed by atoms with Crippen LogP contribution in [0.3, 0.4) is 0 Å². The number of hydrogen-bond donors (Lipinski definition) is 3. The van der Waals surface area contributed by atoms with Crippen molar-refractivity contribution in [1.29, 1.82) is 0 Å². The normalized spacial score (nSPS) is 11.2. The van der Waals surface area contributed by atoms with E-state index in [9.17, 15) is 9.18 Å². The van der Waals surface area contributed by atoms with Gasteiger partial charge in [0.1, 0.15) is 5.69 Å². The van der Waals surface area contributed by atoms with Crippen molar-refractivity contribution in [2.45, 2.75) is 26.4 Å². The number of H-pyrrole nitrogens is 1. The van der Waals surface area contributed by atoms with Gasteiger partial charge in [-0.3, -0.25) is 9.89 Å². The number of aryl methyl sites for hydroxylation is 2. The third-order valence-corrected chi connectivity index (χ3v) is 6.94. The van der Waals surface area contributed by atoms with Crippen LogP contribution >= 0.6 is 0 Å². The molecule has 0 radical (unpaired) electrons. The summed E-state index contributed by atoms with van der Waals surface area (Å²) in [5.41, 5.74) is 19.1. The molecule has 2 aromatic carbocycles. The Balaban J connectivity index is 0.000000201. The van der Waals surface area contributed by atoms with Crippen LogP contribution in [0.2, 0.25) is 0 Å². The standard InChI is InChI=1S/C16H17FN2O3.C16H18N4O2/c1-9-4-5-10(18)8-12(9)13-7-6-11(15(17)19-13)14(20)16(21-2)22-3;1-9-4-5-10(17)8-12(9)13-7-6-11-14(16(21-2)22-3)19-20-15(11)18-13/h4-8,16H,18H2,1-3H3;4-8,16H,17H2,1-3H3,(H,18,19,20). The van der Waals surface area contributed by atoms with E-state index >= 15 is 0 Å². The maximum Gasteiger partial charge on any atom is 0.224 e. The Hall–Kier alpha value is -4.75. The van der Waals surface area contributed by atoms with Gasteiger partial charge in [-0.05, 0) is 73.5 Å². The van der Waals surface area contributed by atoms with Gasteiger partial charge in [-0.15, -0.1) is 0 Å². The Labute approximate surface area is 254 Å². The van der Waals surface area contributed by atoms with Crippen LogP contribution in [0.1, 0.15) is 33.5 Å². The average molecular weight is 603 g/mol. The number of nitrogen functional groups attached to an aromatic ring is 2. The lowest BCUT2D eigenvalue weighted by atomic mass is 10.0. The number of nitrogens with two attached hydrogens (primary N) is 2. The molecule has 0 bridgehead atoms.